The maximum Gasteiger partial charge on any atom is 0.247 e. The third-order valence-electron chi connectivity index (χ3n) is 10.8. The number of aromatic nitrogens is 3. The lowest BCUT2D eigenvalue weighted by Gasteiger charge is -2.13. The Bertz CT molecular complexity index is 3350. The molecule has 0 radical (unpaired) electrons. The van der Waals surface area contributed by atoms with Crippen molar-refractivity contribution in [3.63, 3.8) is 0 Å². The lowest BCUT2D eigenvalue weighted by Crippen LogP contribution is -2.03. The molecular weight excluding hydrogens is 667 g/mol. The van der Waals surface area contributed by atoms with Gasteiger partial charge < -0.3 is 13.6 Å². The molecule has 7 aromatic carbocycles. The van der Waals surface area contributed by atoms with Gasteiger partial charge in [-0.2, -0.15) is 0 Å². The van der Waals surface area contributed by atoms with Gasteiger partial charge in [-0.1, -0.05) is 104 Å². The topological polar surface area (TPSA) is 66.2 Å². The first-order chi connectivity index (χ1) is 26.6. The van der Waals surface area contributed by atoms with Gasteiger partial charge in [0.2, 0.25) is 5.71 Å². The Morgan fingerprint density at radius 2 is 1.37 bits per heavy atom. The quantitative estimate of drug-likeness (QED) is 0.179. The van der Waals surface area contributed by atoms with E-state index < -0.39 is 0 Å². The zero-order chi connectivity index (χ0) is 36.1. The Balaban J connectivity index is 1.41. The standard InChI is InChI=1S/C48H31N3O3/c1-4-28-13-5-7-15-32(28)39-27(2)53-46-42(39)35-18-10-9-17-34(35)41-40-33-16-8-6-14-29(33)23-26-37(40)51(45(41)46)47-43(30-21-24-31(52-3)25-22-30)50-48-44(49-47)36-19-11-12-20-38(36)54-48/h4-26H,1H2,2-3H3. The van der Waals surface area contributed by atoms with Gasteiger partial charge in [0.25, 0.3) is 0 Å². The van der Waals surface area contributed by atoms with Gasteiger partial charge in [0.15, 0.2) is 11.4 Å². The van der Waals surface area contributed by atoms with Gasteiger partial charge in [0.05, 0.1) is 18.1 Å². The number of rotatable bonds is 5. The van der Waals surface area contributed by atoms with Crippen LogP contribution in [0.4, 0.5) is 0 Å². The van der Waals surface area contributed by atoms with Crippen molar-refractivity contribution in [1.82, 2.24) is 14.5 Å². The Kier molecular flexibility index (Phi) is 6.43. The predicted molar refractivity (Wildman–Crippen MR) is 221 cm³/mol. The van der Waals surface area contributed by atoms with Gasteiger partial charge >= 0.3 is 0 Å². The summed E-state index contributed by atoms with van der Waals surface area (Å²) in [7, 11) is 1.67. The molecule has 6 nitrogen and oxygen atoms in total. The Morgan fingerprint density at radius 1 is 0.667 bits per heavy atom. The molecule has 0 fully saturated rings. The van der Waals surface area contributed by atoms with Crippen LogP contribution in [0.3, 0.4) is 0 Å². The van der Waals surface area contributed by atoms with E-state index in [1.54, 1.807) is 7.11 Å². The molecule has 0 amide bonds. The molecule has 0 aliphatic carbocycles. The Morgan fingerprint density at radius 3 is 2.17 bits per heavy atom. The highest BCUT2D eigenvalue weighted by molar-refractivity contribution is 6.36. The van der Waals surface area contributed by atoms with Crippen molar-refractivity contribution in [1.29, 1.82) is 0 Å². The van der Waals surface area contributed by atoms with Crippen molar-refractivity contribution in [2.24, 2.45) is 0 Å². The Labute approximate surface area is 309 Å². The van der Waals surface area contributed by atoms with Gasteiger partial charge in [-0.3, -0.25) is 4.57 Å². The fraction of sp³-hybridized carbons (Fsp3) is 0.0417. The summed E-state index contributed by atoms with van der Waals surface area (Å²) < 4.78 is 21.2. The second kappa shape index (κ2) is 11.4. The molecule has 0 atom stereocenters. The average Bonchev–Trinajstić information content (AvgIpc) is 3.89. The van der Waals surface area contributed by atoms with Crippen LogP contribution >= 0.6 is 0 Å². The number of para-hydroxylation sites is 1. The lowest BCUT2D eigenvalue weighted by atomic mass is 9.92. The van der Waals surface area contributed by atoms with Crippen molar-refractivity contribution >= 4 is 82.6 Å². The summed E-state index contributed by atoms with van der Waals surface area (Å²) in [6.45, 7) is 6.22. The highest BCUT2D eigenvalue weighted by Gasteiger charge is 2.29. The number of aryl methyl sites for hydroxylation is 1. The summed E-state index contributed by atoms with van der Waals surface area (Å²) >= 11 is 0. The molecule has 0 N–H and O–H groups in total. The molecule has 0 aliphatic rings. The SMILES string of the molecule is C=Cc1ccccc1-c1c(C)oc2c1c1ccccc1c1c3c4ccccc4ccc3n(-c3nc4c(nc3-c3ccc(OC)cc3)oc3ccccc34)c21. The first-order valence-electron chi connectivity index (χ1n) is 18.0. The second-order valence-electron chi connectivity index (χ2n) is 13.7. The molecule has 11 aromatic rings. The van der Waals surface area contributed by atoms with Crippen LogP contribution in [-0.4, -0.2) is 21.6 Å². The highest BCUT2D eigenvalue weighted by atomic mass is 16.5. The molecule has 256 valence electrons. The van der Waals surface area contributed by atoms with E-state index in [4.69, 9.17) is 23.5 Å². The summed E-state index contributed by atoms with van der Waals surface area (Å²) in [5, 5.41) is 8.74. The minimum Gasteiger partial charge on any atom is -0.497 e. The van der Waals surface area contributed by atoms with E-state index in [9.17, 15) is 0 Å². The number of fused-ring (bicyclic) bond motifs is 13. The van der Waals surface area contributed by atoms with Crippen LogP contribution in [-0.2, 0) is 0 Å². The normalized spacial score (nSPS) is 12.0. The number of nitrogens with zero attached hydrogens (tertiary/aromatic N) is 3. The molecule has 0 aliphatic heterocycles. The smallest absolute Gasteiger partial charge is 0.247 e. The number of hydrogen-bond acceptors (Lipinski definition) is 5. The van der Waals surface area contributed by atoms with Crippen LogP contribution in [0.2, 0.25) is 0 Å². The van der Waals surface area contributed by atoms with Crippen molar-refractivity contribution in [2.45, 2.75) is 6.92 Å². The van der Waals surface area contributed by atoms with E-state index in [0.29, 0.717) is 22.7 Å². The molecule has 4 heterocycles. The van der Waals surface area contributed by atoms with Crippen LogP contribution in [0.1, 0.15) is 11.3 Å². The van der Waals surface area contributed by atoms with Gasteiger partial charge in [-0.25, -0.2) is 9.97 Å². The third kappa shape index (κ3) is 4.16. The summed E-state index contributed by atoms with van der Waals surface area (Å²) in [5.41, 5.74) is 9.35. The summed E-state index contributed by atoms with van der Waals surface area (Å²) in [5.74, 6) is 2.26. The maximum absolute atomic E-state index is 7.06. The number of hydrogen-bond donors (Lipinski definition) is 0. The molecule has 0 bridgehead atoms. The molecule has 0 saturated heterocycles. The van der Waals surface area contributed by atoms with E-state index >= 15 is 0 Å². The van der Waals surface area contributed by atoms with E-state index in [2.05, 4.69) is 96.9 Å². The molecule has 54 heavy (non-hydrogen) atoms. The fourth-order valence-electron chi connectivity index (χ4n) is 8.48. The van der Waals surface area contributed by atoms with Crippen LogP contribution in [0.15, 0.2) is 149 Å². The third-order valence-corrected chi connectivity index (χ3v) is 10.8. The molecule has 4 aromatic heterocycles. The minimum absolute atomic E-state index is 0.477. The first-order valence-corrected chi connectivity index (χ1v) is 18.0. The zero-order valence-electron chi connectivity index (χ0n) is 29.6. The fourth-order valence-corrected chi connectivity index (χ4v) is 8.48. The van der Waals surface area contributed by atoms with Crippen molar-refractivity contribution in [2.75, 3.05) is 7.11 Å². The monoisotopic (exact) mass is 697 g/mol. The highest BCUT2D eigenvalue weighted by Crippen LogP contribution is 2.50. The van der Waals surface area contributed by atoms with Crippen molar-refractivity contribution in [3.8, 4) is 34.0 Å². The molecule has 6 heteroatoms. The van der Waals surface area contributed by atoms with Crippen LogP contribution in [0.25, 0.3) is 111 Å². The number of ether oxygens (including phenoxy) is 1. The zero-order valence-corrected chi connectivity index (χ0v) is 29.6. The number of furan rings is 2. The predicted octanol–water partition coefficient (Wildman–Crippen LogP) is 12.8. The summed E-state index contributed by atoms with van der Waals surface area (Å²) in [6, 6.07) is 46.0. The van der Waals surface area contributed by atoms with Crippen LogP contribution in [0.5, 0.6) is 5.75 Å². The van der Waals surface area contributed by atoms with E-state index in [0.717, 1.165) is 99.1 Å². The van der Waals surface area contributed by atoms with Crippen LogP contribution < -0.4 is 4.74 Å². The van der Waals surface area contributed by atoms with Gasteiger partial charge in [-0.15, -0.1) is 0 Å². The van der Waals surface area contributed by atoms with E-state index in [1.165, 1.54) is 0 Å². The van der Waals surface area contributed by atoms with Crippen molar-refractivity contribution in [3.05, 3.63) is 151 Å². The maximum atomic E-state index is 7.06. The van der Waals surface area contributed by atoms with Gasteiger partial charge in [0.1, 0.15) is 28.3 Å². The minimum atomic E-state index is 0.477. The van der Waals surface area contributed by atoms with E-state index in [1.807, 2.05) is 60.7 Å². The molecule has 11 rings (SSSR count). The second-order valence-corrected chi connectivity index (χ2v) is 13.7. The molecule has 0 unspecified atom stereocenters. The number of benzene rings is 7. The summed E-state index contributed by atoms with van der Waals surface area (Å²) in [4.78, 5) is 10.8. The van der Waals surface area contributed by atoms with Crippen molar-refractivity contribution < 1.29 is 13.6 Å². The molecule has 0 spiro atoms. The summed E-state index contributed by atoms with van der Waals surface area (Å²) in [6.07, 6.45) is 1.92. The molecule has 0 saturated carbocycles. The lowest BCUT2D eigenvalue weighted by molar-refractivity contribution is 0.415. The average molecular weight is 698 g/mol. The largest absolute Gasteiger partial charge is 0.497 e. The molecular formula is C48H31N3O3. The van der Waals surface area contributed by atoms with Gasteiger partial charge in [0, 0.05) is 32.7 Å². The van der Waals surface area contributed by atoms with Gasteiger partial charge in [-0.05, 0) is 82.1 Å². The number of methoxy groups -OCH3 is 1. The van der Waals surface area contributed by atoms with Crippen LogP contribution in [0, 0.1) is 6.92 Å². The van der Waals surface area contributed by atoms with E-state index in [-0.39, 0.29) is 0 Å². The first kappa shape index (κ1) is 30.4. The Hall–Kier alpha value is -7.18.